The number of nitrogens with zero attached hydrogens (tertiary/aromatic N) is 1. The van der Waals surface area contributed by atoms with Crippen molar-refractivity contribution in [3.8, 4) is 0 Å². The molecule has 2 rings (SSSR count). The Kier molecular flexibility index (Phi) is 2.99. The highest BCUT2D eigenvalue weighted by atomic mass is 35.5. The highest BCUT2D eigenvalue weighted by Crippen LogP contribution is 2.26. The summed E-state index contributed by atoms with van der Waals surface area (Å²) in [7, 11) is 3.32. The summed E-state index contributed by atoms with van der Waals surface area (Å²) < 4.78 is 5.63. The fourth-order valence-corrected chi connectivity index (χ4v) is 3.21. The van der Waals surface area contributed by atoms with Gasteiger partial charge in [0.25, 0.3) is 15.2 Å². The minimum absolute atomic E-state index is 0. The third-order valence-electron chi connectivity index (χ3n) is 1.66. The molecule has 0 aliphatic carbocycles. The number of fused-ring (bicyclic) bond motifs is 1. The van der Waals surface area contributed by atoms with Gasteiger partial charge in [-0.25, -0.2) is 0 Å². The van der Waals surface area contributed by atoms with Gasteiger partial charge in [0.2, 0.25) is 0 Å². The van der Waals surface area contributed by atoms with Crippen LogP contribution in [0.15, 0.2) is 12.1 Å². The minimum Gasteiger partial charge on any atom is -1.00 e. The summed E-state index contributed by atoms with van der Waals surface area (Å²) in [6.45, 7) is 4.25. The zero-order chi connectivity index (χ0) is 7.84. The normalized spacial score (nSPS) is 9.83. The molecule has 1 aromatic carbocycles. The summed E-state index contributed by atoms with van der Waals surface area (Å²) >= 11 is 0. The van der Waals surface area contributed by atoms with E-state index in [0.717, 1.165) is 5.52 Å². The lowest BCUT2D eigenvalue weighted by Crippen LogP contribution is -3.00. The lowest BCUT2D eigenvalue weighted by molar-refractivity contribution is -0.00000227. The molecular weight excluding hydrogens is 210 g/mol. The van der Waals surface area contributed by atoms with Crippen molar-refractivity contribution in [3.63, 3.8) is 0 Å². The van der Waals surface area contributed by atoms with Crippen LogP contribution in [0.3, 0.4) is 0 Å². The third kappa shape index (κ3) is 1.58. The maximum Gasteiger partial charge on any atom is 0.323 e. The smallest absolute Gasteiger partial charge is 0.323 e. The first-order valence-corrected chi connectivity index (χ1v) is 5.54. The molecule has 1 aromatic heterocycles. The van der Waals surface area contributed by atoms with Crippen molar-refractivity contribution in [1.29, 1.82) is 0 Å². The zero-order valence-corrected chi connectivity index (χ0v) is 9.19. The fraction of sp³-hybridized carbons (Fsp3) is 0.250. The largest absolute Gasteiger partial charge is 1.00 e. The molecule has 0 saturated heterocycles. The van der Waals surface area contributed by atoms with Crippen LogP contribution in [0.2, 0.25) is 0 Å². The molecule has 1 heterocycles. The van der Waals surface area contributed by atoms with E-state index in [2.05, 4.69) is 30.4 Å². The predicted octanol–water partition coefficient (Wildman–Crippen LogP) is 0.260. The van der Waals surface area contributed by atoms with Crippen LogP contribution in [0.1, 0.15) is 11.1 Å². The van der Waals surface area contributed by atoms with Crippen molar-refractivity contribution in [2.75, 3.05) is 0 Å². The summed E-state index contributed by atoms with van der Waals surface area (Å²) in [4.78, 5) is 0. The van der Waals surface area contributed by atoms with Crippen molar-refractivity contribution in [2.24, 2.45) is 0 Å². The topological polar surface area (TPSA) is 12.9 Å². The summed E-state index contributed by atoms with van der Waals surface area (Å²) in [5, 5.41) is 0. The van der Waals surface area contributed by atoms with Crippen molar-refractivity contribution in [1.82, 2.24) is 4.37 Å². The maximum absolute atomic E-state index is 4.30. The second-order valence-electron chi connectivity index (χ2n) is 2.68. The number of aromatic nitrogens is 1. The van der Waals surface area contributed by atoms with E-state index in [9.17, 15) is 0 Å². The van der Waals surface area contributed by atoms with Crippen LogP contribution in [0, 0.1) is 13.8 Å². The first-order chi connectivity index (χ1) is 5.27. The Balaban J connectivity index is 0.000000720. The van der Waals surface area contributed by atoms with E-state index >= 15 is 0 Å². The summed E-state index contributed by atoms with van der Waals surface area (Å²) in [6.07, 6.45) is 0. The van der Waals surface area contributed by atoms with Gasteiger partial charge in [0.05, 0.1) is 0 Å². The molecule has 2 aromatic rings. The molecule has 0 fully saturated rings. The standard InChI is InChI=1S/C8H8NS2.ClH/c1-5-3-6(2)8-7(4-5)9-11-10-8;/h3-4H,1-2H3;1H/q+1;/p-1. The lowest BCUT2D eigenvalue weighted by atomic mass is 10.1. The van der Waals surface area contributed by atoms with Crippen LogP contribution in [-0.2, 0) is 0 Å². The molecule has 4 heteroatoms. The van der Waals surface area contributed by atoms with E-state index in [0.29, 0.717) is 0 Å². The van der Waals surface area contributed by atoms with Crippen LogP contribution in [0.5, 0.6) is 0 Å². The van der Waals surface area contributed by atoms with Crippen molar-refractivity contribution in [3.05, 3.63) is 23.3 Å². The first-order valence-electron chi connectivity index (χ1n) is 3.43. The van der Waals surface area contributed by atoms with Gasteiger partial charge in [-0.05, 0) is 25.5 Å². The molecule has 0 unspecified atom stereocenters. The third-order valence-corrected chi connectivity index (χ3v) is 3.65. The SMILES string of the molecule is Cc1cc(C)c2[s+]snc2c1.[Cl-]. The Bertz CT molecular complexity index is 397. The summed E-state index contributed by atoms with van der Waals surface area (Å²) in [6, 6.07) is 4.34. The molecule has 0 bridgehead atoms. The molecule has 0 spiro atoms. The Labute approximate surface area is 85.0 Å². The maximum atomic E-state index is 4.30. The van der Waals surface area contributed by atoms with Crippen LogP contribution < -0.4 is 12.4 Å². The molecule has 0 aliphatic heterocycles. The van der Waals surface area contributed by atoms with Gasteiger partial charge < -0.3 is 12.4 Å². The van der Waals surface area contributed by atoms with Gasteiger partial charge in [-0.15, -0.1) is 4.37 Å². The molecule has 0 radical (unpaired) electrons. The molecule has 64 valence electrons. The lowest BCUT2D eigenvalue weighted by Gasteiger charge is -1.90. The molecule has 0 amide bonds. The molecular formula is C8H8ClNS2. The number of aryl methyl sites for hydroxylation is 2. The van der Waals surface area contributed by atoms with Gasteiger partial charge in [0, 0.05) is 5.56 Å². The zero-order valence-electron chi connectivity index (χ0n) is 6.80. The van der Waals surface area contributed by atoms with Crippen molar-refractivity contribution < 1.29 is 12.4 Å². The Hall–Kier alpha value is -0.250. The average Bonchev–Trinajstić information content (AvgIpc) is 2.34. The molecule has 0 aliphatic rings. The van der Waals surface area contributed by atoms with Gasteiger partial charge in [-0.2, -0.15) is 0 Å². The number of hydrogen-bond donors (Lipinski definition) is 0. The monoisotopic (exact) mass is 217 g/mol. The van der Waals surface area contributed by atoms with Crippen LogP contribution in [0.4, 0.5) is 0 Å². The van der Waals surface area contributed by atoms with E-state index < -0.39 is 0 Å². The van der Waals surface area contributed by atoms with E-state index in [-0.39, 0.29) is 12.4 Å². The number of benzene rings is 1. The summed E-state index contributed by atoms with van der Waals surface area (Å²) in [5.41, 5.74) is 3.80. The number of halogens is 1. The van der Waals surface area contributed by atoms with Crippen LogP contribution >= 0.6 is 20.9 Å². The van der Waals surface area contributed by atoms with Gasteiger partial charge in [0.15, 0.2) is 0 Å². The highest BCUT2D eigenvalue weighted by Gasteiger charge is 2.12. The van der Waals surface area contributed by atoms with Crippen molar-refractivity contribution in [2.45, 2.75) is 13.8 Å². The highest BCUT2D eigenvalue weighted by molar-refractivity contribution is 7.69. The number of hydrogen-bond acceptors (Lipinski definition) is 2. The van der Waals surface area contributed by atoms with E-state index in [4.69, 9.17) is 0 Å². The van der Waals surface area contributed by atoms with E-state index in [1.165, 1.54) is 15.8 Å². The Morgan fingerprint density at radius 2 is 2.08 bits per heavy atom. The second kappa shape index (κ2) is 3.64. The summed E-state index contributed by atoms with van der Waals surface area (Å²) in [5.74, 6) is 0. The molecule has 12 heavy (non-hydrogen) atoms. The minimum atomic E-state index is 0. The quantitative estimate of drug-likeness (QED) is 0.456. The second-order valence-corrected chi connectivity index (χ2v) is 4.53. The number of rotatable bonds is 0. The molecule has 1 nitrogen and oxygen atoms in total. The van der Waals surface area contributed by atoms with Gasteiger partial charge in [0.1, 0.15) is 5.52 Å². The van der Waals surface area contributed by atoms with Gasteiger partial charge in [-0.1, -0.05) is 6.07 Å². The molecule has 0 saturated carbocycles. The van der Waals surface area contributed by atoms with Gasteiger partial charge >= 0.3 is 10.3 Å². The van der Waals surface area contributed by atoms with Gasteiger partial charge in [-0.3, -0.25) is 0 Å². The van der Waals surface area contributed by atoms with Crippen molar-refractivity contribution >= 4 is 31.1 Å². The Morgan fingerprint density at radius 1 is 1.33 bits per heavy atom. The average molecular weight is 218 g/mol. The van der Waals surface area contributed by atoms with Crippen LogP contribution in [0.25, 0.3) is 10.2 Å². The van der Waals surface area contributed by atoms with Crippen LogP contribution in [-0.4, -0.2) is 4.37 Å². The molecule has 0 atom stereocenters. The Morgan fingerprint density at radius 3 is 2.83 bits per heavy atom. The van der Waals surface area contributed by atoms with E-state index in [1.54, 1.807) is 20.9 Å². The molecule has 0 N–H and O–H groups in total. The first kappa shape index (κ1) is 9.84. The fourth-order valence-electron chi connectivity index (χ4n) is 1.20. The van der Waals surface area contributed by atoms with E-state index in [1.807, 2.05) is 0 Å². The predicted molar refractivity (Wildman–Crippen MR) is 51.4 cm³/mol.